The van der Waals surface area contributed by atoms with E-state index in [-0.39, 0.29) is 4.90 Å². The van der Waals surface area contributed by atoms with Crippen LogP contribution >= 0.6 is 10.7 Å². The minimum Gasteiger partial charge on any atom is -0.370 e. The molecule has 2 heterocycles. The summed E-state index contributed by atoms with van der Waals surface area (Å²) in [7, 11) is 1.67. The molecule has 1 aromatic heterocycles. The highest BCUT2D eigenvalue weighted by Gasteiger charge is 2.21. The maximum absolute atomic E-state index is 11.4. The molecule has 0 radical (unpaired) electrons. The SMILES string of the molecule is O=S(=O)(Cl)c1cnccc1N1CCCCC1. The van der Waals surface area contributed by atoms with E-state index in [1.54, 1.807) is 12.3 Å². The molecule has 0 amide bonds. The Morgan fingerprint density at radius 2 is 1.94 bits per heavy atom. The van der Waals surface area contributed by atoms with E-state index >= 15 is 0 Å². The van der Waals surface area contributed by atoms with Crippen LogP contribution in [0.1, 0.15) is 19.3 Å². The Hall–Kier alpha value is -0.810. The minimum absolute atomic E-state index is 0.110. The van der Waals surface area contributed by atoms with Crippen LogP contribution in [0.25, 0.3) is 0 Å². The highest BCUT2D eigenvalue weighted by atomic mass is 35.7. The van der Waals surface area contributed by atoms with Crippen LogP contribution in [0.15, 0.2) is 23.4 Å². The van der Waals surface area contributed by atoms with E-state index in [1.165, 1.54) is 12.6 Å². The Kier molecular flexibility index (Phi) is 3.35. The molecule has 2 rings (SSSR count). The molecule has 1 aliphatic heterocycles. The average Bonchev–Trinajstić information content (AvgIpc) is 2.29. The number of nitrogens with zero attached hydrogens (tertiary/aromatic N) is 2. The predicted octanol–water partition coefficient (Wildman–Crippen LogP) is 2.00. The van der Waals surface area contributed by atoms with Crippen LogP contribution in [0, 0.1) is 0 Å². The second-order valence-electron chi connectivity index (χ2n) is 3.83. The lowest BCUT2D eigenvalue weighted by molar-refractivity contribution is 0.572. The fourth-order valence-corrected chi connectivity index (χ4v) is 2.95. The summed E-state index contributed by atoms with van der Waals surface area (Å²) >= 11 is 0. The van der Waals surface area contributed by atoms with Gasteiger partial charge in [0.15, 0.2) is 0 Å². The van der Waals surface area contributed by atoms with Crippen molar-refractivity contribution in [2.45, 2.75) is 24.2 Å². The van der Waals surface area contributed by atoms with Crippen LogP contribution in [0.5, 0.6) is 0 Å². The molecule has 0 aromatic carbocycles. The van der Waals surface area contributed by atoms with Crippen LogP contribution in [0.3, 0.4) is 0 Å². The molecule has 88 valence electrons. The normalized spacial score (nSPS) is 17.4. The van der Waals surface area contributed by atoms with Gasteiger partial charge < -0.3 is 4.90 Å². The molecule has 0 bridgehead atoms. The molecule has 1 aromatic rings. The lowest BCUT2D eigenvalue weighted by atomic mass is 10.1. The van der Waals surface area contributed by atoms with Gasteiger partial charge in [-0.3, -0.25) is 4.98 Å². The molecule has 0 N–H and O–H groups in total. The van der Waals surface area contributed by atoms with E-state index in [4.69, 9.17) is 10.7 Å². The van der Waals surface area contributed by atoms with Gasteiger partial charge in [0.05, 0.1) is 5.69 Å². The Balaban J connectivity index is 2.40. The first-order valence-electron chi connectivity index (χ1n) is 5.22. The van der Waals surface area contributed by atoms with Crippen molar-refractivity contribution >= 4 is 25.4 Å². The second-order valence-corrected chi connectivity index (χ2v) is 6.36. The zero-order valence-electron chi connectivity index (χ0n) is 8.76. The Morgan fingerprint density at radius 3 is 2.56 bits per heavy atom. The first-order chi connectivity index (χ1) is 7.59. The van der Waals surface area contributed by atoms with Crippen molar-refractivity contribution in [1.29, 1.82) is 0 Å². The largest absolute Gasteiger partial charge is 0.370 e. The number of rotatable bonds is 2. The number of piperidine rings is 1. The molecule has 0 aliphatic carbocycles. The Morgan fingerprint density at radius 1 is 1.25 bits per heavy atom. The van der Waals surface area contributed by atoms with Crippen molar-refractivity contribution in [2.75, 3.05) is 18.0 Å². The quantitative estimate of drug-likeness (QED) is 0.764. The number of pyridine rings is 1. The standard InChI is InChI=1S/C10H13ClN2O2S/c11-16(14,15)10-8-12-5-4-9(10)13-6-2-1-3-7-13/h4-5,8H,1-3,6-7H2. The van der Waals surface area contributed by atoms with E-state index in [1.807, 2.05) is 0 Å². The Labute approximate surface area is 99.7 Å². The average molecular weight is 261 g/mol. The van der Waals surface area contributed by atoms with Crippen LogP contribution in [0.4, 0.5) is 5.69 Å². The van der Waals surface area contributed by atoms with E-state index in [9.17, 15) is 8.42 Å². The van der Waals surface area contributed by atoms with Gasteiger partial charge in [-0.25, -0.2) is 8.42 Å². The van der Waals surface area contributed by atoms with E-state index < -0.39 is 9.05 Å². The summed E-state index contributed by atoms with van der Waals surface area (Å²) < 4.78 is 22.8. The van der Waals surface area contributed by atoms with Crippen molar-refractivity contribution in [3.63, 3.8) is 0 Å². The van der Waals surface area contributed by atoms with Gasteiger partial charge in [-0.15, -0.1) is 0 Å². The first kappa shape index (κ1) is 11.7. The molecular formula is C10H13ClN2O2S. The number of halogens is 1. The molecular weight excluding hydrogens is 248 g/mol. The molecule has 4 nitrogen and oxygen atoms in total. The van der Waals surface area contributed by atoms with Gasteiger partial charge in [-0.05, 0) is 25.3 Å². The number of anilines is 1. The summed E-state index contributed by atoms with van der Waals surface area (Å²) in [6.45, 7) is 1.76. The zero-order chi connectivity index (χ0) is 11.6. The fourth-order valence-electron chi connectivity index (χ4n) is 1.96. The van der Waals surface area contributed by atoms with Crippen LogP contribution in [-0.2, 0) is 9.05 Å². The molecule has 1 aliphatic rings. The smallest absolute Gasteiger partial charge is 0.264 e. The van der Waals surface area contributed by atoms with Crippen LogP contribution in [-0.4, -0.2) is 26.5 Å². The summed E-state index contributed by atoms with van der Waals surface area (Å²) in [5, 5.41) is 0. The van der Waals surface area contributed by atoms with E-state index in [0.29, 0.717) is 5.69 Å². The maximum atomic E-state index is 11.4. The molecule has 1 fully saturated rings. The van der Waals surface area contributed by atoms with Gasteiger partial charge >= 0.3 is 0 Å². The van der Waals surface area contributed by atoms with Crippen molar-refractivity contribution < 1.29 is 8.42 Å². The third-order valence-corrected chi connectivity index (χ3v) is 4.06. The third kappa shape index (κ3) is 2.47. The van der Waals surface area contributed by atoms with Gasteiger partial charge in [0.1, 0.15) is 4.90 Å². The molecule has 0 unspecified atom stereocenters. The van der Waals surface area contributed by atoms with Gasteiger partial charge in [0, 0.05) is 36.2 Å². The topological polar surface area (TPSA) is 50.3 Å². The summed E-state index contributed by atoms with van der Waals surface area (Å²) in [4.78, 5) is 5.98. The molecule has 0 atom stereocenters. The van der Waals surface area contributed by atoms with Crippen LogP contribution < -0.4 is 4.90 Å². The predicted molar refractivity (Wildman–Crippen MR) is 63.3 cm³/mol. The van der Waals surface area contributed by atoms with Gasteiger partial charge in [0.2, 0.25) is 0 Å². The van der Waals surface area contributed by atoms with Crippen molar-refractivity contribution in [3.05, 3.63) is 18.5 Å². The van der Waals surface area contributed by atoms with Gasteiger partial charge in [-0.1, -0.05) is 0 Å². The molecule has 16 heavy (non-hydrogen) atoms. The van der Waals surface area contributed by atoms with Gasteiger partial charge in [0.25, 0.3) is 9.05 Å². The van der Waals surface area contributed by atoms with Gasteiger partial charge in [-0.2, -0.15) is 0 Å². The monoisotopic (exact) mass is 260 g/mol. The summed E-state index contributed by atoms with van der Waals surface area (Å²) in [6.07, 6.45) is 6.28. The fraction of sp³-hybridized carbons (Fsp3) is 0.500. The third-order valence-electron chi connectivity index (χ3n) is 2.72. The van der Waals surface area contributed by atoms with Crippen molar-refractivity contribution in [2.24, 2.45) is 0 Å². The highest BCUT2D eigenvalue weighted by molar-refractivity contribution is 8.13. The van der Waals surface area contributed by atoms with E-state index in [0.717, 1.165) is 25.9 Å². The lowest BCUT2D eigenvalue weighted by Gasteiger charge is -2.29. The van der Waals surface area contributed by atoms with Crippen LogP contribution in [0.2, 0.25) is 0 Å². The first-order valence-corrected chi connectivity index (χ1v) is 7.53. The number of hydrogen-bond donors (Lipinski definition) is 0. The highest BCUT2D eigenvalue weighted by Crippen LogP contribution is 2.28. The molecule has 0 spiro atoms. The number of aromatic nitrogens is 1. The van der Waals surface area contributed by atoms with Crippen molar-refractivity contribution in [1.82, 2.24) is 4.98 Å². The zero-order valence-corrected chi connectivity index (χ0v) is 10.3. The lowest BCUT2D eigenvalue weighted by Crippen LogP contribution is -2.30. The maximum Gasteiger partial charge on any atom is 0.264 e. The summed E-state index contributed by atoms with van der Waals surface area (Å²) in [5.41, 5.74) is 0.671. The summed E-state index contributed by atoms with van der Waals surface area (Å²) in [5.74, 6) is 0. The summed E-state index contributed by atoms with van der Waals surface area (Å²) in [6, 6.07) is 1.71. The Bertz CT molecular complexity index is 469. The number of hydrogen-bond acceptors (Lipinski definition) is 4. The molecule has 6 heteroatoms. The molecule has 1 saturated heterocycles. The second kappa shape index (κ2) is 4.59. The minimum atomic E-state index is -3.71. The molecule has 0 saturated carbocycles. The van der Waals surface area contributed by atoms with E-state index in [2.05, 4.69) is 9.88 Å². The van der Waals surface area contributed by atoms with Crippen molar-refractivity contribution in [3.8, 4) is 0 Å².